The quantitative estimate of drug-likeness (QED) is 0.769. The molecular weight excluding hydrogens is 389 g/mol. The lowest BCUT2D eigenvalue weighted by Crippen LogP contribution is -2.43. The molecule has 0 spiro atoms. The van der Waals surface area contributed by atoms with Gasteiger partial charge in [-0.3, -0.25) is 19.4 Å². The van der Waals surface area contributed by atoms with Crippen molar-refractivity contribution in [2.45, 2.75) is 31.8 Å². The van der Waals surface area contributed by atoms with Crippen LogP contribution in [0.5, 0.6) is 0 Å². The fourth-order valence-corrected chi connectivity index (χ4v) is 3.53. The molecule has 2 atom stereocenters. The Labute approximate surface area is 172 Å². The van der Waals surface area contributed by atoms with Crippen LogP contribution in [0.1, 0.15) is 25.3 Å². The molecule has 2 aromatic rings. The summed E-state index contributed by atoms with van der Waals surface area (Å²) in [6.45, 7) is 3.82. The van der Waals surface area contributed by atoms with Gasteiger partial charge in [0.05, 0.1) is 5.69 Å². The summed E-state index contributed by atoms with van der Waals surface area (Å²) >= 11 is 0. The molecule has 0 aromatic heterocycles. The molecule has 4 rings (SSSR count). The van der Waals surface area contributed by atoms with Gasteiger partial charge in [0.25, 0.3) is 11.8 Å². The first-order valence-corrected chi connectivity index (χ1v) is 9.56. The van der Waals surface area contributed by atoms with E-state index in [2.05, 4.69) is 29.5 Å². The van der Waals surface area contributed by atoms with E-state index in [1.54, 1.807) is 18.2 Å². The standard InChI is InChI=1S/C21H20FN5O3/c1-12(2)13-6-8-16(9-7-13)27-20(29)18-19(21(27)30)26(25-24-18)11-17(28)23-15-5-3-4-14(22)10-15/h3-10,12,18-19H,11H2,1-2H3,(H,23,28)/t18-,19+/m1/s1. The molecule has 8 nitrogen and oxygen atoms in total. The van der Waals surface area contributed by atoms with Crippen molar-refractivity contribution in [3.05, 3.63) is 59.9 Å². The van der Waals surface area contributed by atoms with Crippen LogP contribution in [-0.4, -0.2) is 41.4 Å². The van der Waals surface area contributed by atoms with Crippen LogP contribution in [-0.2, 0) is 14.4 Å². The average molecular weight is 409 g/mol. The number of hydrogen-bond acceptors (Lipinski definition) is 6. The number of carbonyl (C=O) groups is 3. The lowest BCUT2D eigenvalue weighted by Gasteiger charge is -2.20. The van der Waals surface area contributed by atoms with Crippen LogP contribution in [0.25, 0.3) is 0 Å². The number of carbonyl (C=O) groups excluding carboxylic acids is 3. The Hall–Kier alpha value is -3.62. The van der Waals surface area contributed by atoms with Crippen molar-refractivity contribution in [3.8, 4) is 0 Å². The minimum atomic E-state index is -0.982. The normalized spacial score (nSPS) is 20.3. The number of nitrogens with one attached hydrogen (secondary N) is 1. The number of rotatable bonds is 5. The maximum Gasteiger partial charge on any atom is 0.263 e. The van der Waals surface area contributed by atoms with Crippen molar-refractivity contribution in [1.29, 1.82) is 0 Å². The minimum Gasteiger partial charge on any atom is -0.324 e. The van der Waals surface area contributed by atoms with Gasteiger partial charge in [-0.05, 0) is 41.8 Å². The molecule has 3 amide bonds. The SMILES string of the molecule is CC(C)c1ccc(N2C(=O)[C@@H]3[C@@H](N=NN3CC(=O)Nc3cccc(F)c3)C2=O)cc1. The predicted octanol–water partition coefficient (Wildman–Crippen LogP) is 2.88. The molecule has 2 aliphatic heterocycles. The molecule has 30 heavy (non-hydrogen) atoms. The van der Waals surface area contributed by atoms with Gasteiger partial charge in [0.15, 0.2) is 12.1 Å². The predicted molar refractivity (Wildman–Crippen MR) is 107 cm³/mol. The number of hydrogen-bond donors (Lipinski definition) is 1. The highest BCUT2D eigenvalue weighted by Gasteiger charge is 2.55. The first-order valence-electron chi connectivity index (χ1n) is 9.56. The van der Waals surface area contributed by atoms with Crippen molar-refractivity contribution >= 4 is 29.1 Å². The Morgan fingerprint density at radius 1 is 1.13 bits per heavy atom. The minimum absolute atomic E-state index is 0.286. The number of imide groups is 1. The van der Waals surface area contributed by atoms with E-state index in [-0.39, 0.29) is 12.2 Å². The number of amides is 3. The highest BCUT2D eigenvalue weighted by atomic mass is 19.1. The summed E-state index contributed by atoms with van der Waals surface area (Å²) in [7, 11) is 0. The average Bonchev–Trinajstić information content (AvgIpc) is 3.21. The van der Waals surface area contributed by atoms with Crippen molar-refractivity contribution in [3.63, 3.8) is 0 Å². The third-order valence-corrected chi connectivity index (χ3v) is 5.09. The molecule has 154 valence electrons. The molecule has 0 bridgehead atoms. The maximum absolute atomic E-state index is 13.3. The summed E-state index contributed by atoms with van der Waals surface area (Å²) in [4.78, 5) is 39.1. The monoisotopic (exact) mass is 409 g/mol. The molecule has 0 saturated carbocycles. The molecule has 2 aliphatic rings. The fraction of sp³-hybridized carbons (Fsp3) is 0.286. The second kappa shape index (κ2) is 7.66. The van der Waals surface area contributed by atoms with Gasteiger partial charge in [0.1, 0.15) is 12.4 Å². The summed E-state index contributed by atoms with van der Waals surface area (Å²) in [5.41, 5.74) is 1.84. The van der Waals surface area contributed by atoms with Crippen molar-refractivity contribution in [2.24, 2.45) is 10.3 Å². The summed E-state index contributed by atoms with van der Waals surface area (Å²) in [6.07, 6.45) is 0. The van der Waals surface area contributed by atoms with Crippen LogP contribution in [0, 0.1) is 5.82 Å². The highest BCUT2D eigenvalue weighted by Crippen LogP contribution is 2.32. The smallest absolute Gasteiger partial charge is 0.263 e. The third-order valence-electron chi connectivity index (χ3n) is 5.09. The Kier molecular flexibility index (Phi) is 5.03. The third kappa shape index (κ3) is 3.54. The fourth-order valence-electron chi connectivity index (χ4n) is 3.53. The topological polar surface area (TPSA) is 94.4 Å². The molecule has 2 aromatic carbocycles. The number of benzene rings is 2. The van der Waals surface area contributed by atoms with E-state index in [9.17, 15) is 18.8 Å². The summed E-state index contributed by atoms with van der Waals surface area (Å²) in [5.74, 6) is -1.61. The van der Waals surface area contributed by atoms with Crippen molar-refractivity contribution < 1.29 is 18.8 Å². The second-order valence-corrected chi connectivity index (χ2v) is 7.51. The number of nitrogens with zero attached hydrogens (tertiary/aromatic N) is 4. The molecule has 9 heteroatoms. The number of halogens is 1. The lowest BCUT2D eigenvalue weighted by molar-refractivity contribution is -0.123. The Bertz CT molecular complexity index is 1040. The van der Waals surface area contributed by atoms with Gasteiger partial charge in [0, 0.05) is 5.69 Å². The van der Waals surface area contributed by atoms with Crippen LogP contribution in [0.3, 0.4) is 0 Å². The van der Waals surface area contributed by atoms with Gasteiger partial charge < -0.3 is 5.32 Å². The van der Waals surface area contributed by atoms with Gasteiger partial charge in [-0.15, -0.1) is 0 Å². The van der Waals surface area contributed by atoms with Crippen molar-refractivity contribution in [2.75, 3.05) is 16.8 Å². The van der Waals surface area contributed by atoms with E-state index in [1.807, 2.05) is 12.1 Å². The molecule has 0 unspecified atom stereocenters. The highest BCUT2D eigenvalue weighted by molar-refractivity contribution is 6.25. The molecule has 0 radical (unpaired) electrons. The second-order valence-electron chi connectivity index (χ2n) is 7.51. The van der Waals surface area contributed by atoms with Gasteiger partial charge in [-0.25, -0.2) is 9.29 Å². The van der Waals surface area contributed by atoms with E-state index >= 15 is 0 Å². The van der Waals surface area contributed by atoms with Gasteiger partial charge in [-0.2, -0.15) is 5.11 Å². The van der Waals surface area contributed by atoms with Gasteiger partial charge >= 0.3 is 0 Å². The van der Waals surface area contributed by atoms with Crippen LogP contribution in [0.2, 0.25) is 0 Å². The number of fused-ring (bicyclic) bond motifs is 1. The lowest BCUT2D eigenvalue weighted by atomic mass is 10.0. The summed E-state index contributed by atoms with van der Waals surface area (Å²) in [6, 6.07) is 10.7. The van der Waals surface area contributed by atoms with Crippen LogP contribution in [0.4, 0.5) is 15.8 Å². The van der Waals surface area contributed by atoms with Crippen LogP contribution < -0.4 is 10.2 Å². The van der Waals surface area contributed by atoms with Crippen molar-refractivity contribution in [1.82, 2.24) is 5.01 Å². The molecule has 1 saturated heterocycles. The zero-order valence-corrected chi connectivity index (χ0v) is 16.4. The Balaban J connectivity index is 1.48. The first-order chi connectivity index (χ1) is 14.3. The van der Waals surface area contributed by atoms with Crippen LogP contribution in [0.15, 0.2) is 58.9 Å². The molecule has 2 heterocycles. The largest absolute Gasteiger partial charge is 0.324 e. The maximum atomic E-state index is 13.3. The van der Waals surface area contributed by atoms with Gasteiger partial charge in [0.2, 0.25) is 5.91 Å². The first kappa shape index (κ1) is 19.7. The molecule has 1 fully saturated rings. The van der Waals surface area contributed by atoms with E-state index in [0.29, 0.717) is 11.6 Å². The van der Waals surface area contributed by atoms with E-state index in [1.165, 1.54) is 23.2 Å². The van der Waals surface area contributed by atoms with E-state index in [4.69, 9.17) is 0 Å². The van der Waals surface area contributed by atoms with E-state index < -0.39 is 35.6 Å². The molecule has 1 N–H and O–H groups in total. The number of anilines is 2. The Morgan fingerprint density at radius 3 is 2.53 bits per heavy atom. The summed E-state index contributed by atoms with van der Waals surface area (Å²) < 4.78 is 13.3. The van der Waals surface area contributed by atoms with Gasteiger partial charge in [-0.1, -0.05) is 37.3 Å². The Morgan fingerprint density at radius 2 is 1.87 bits per heavy atom. The van der Waals surface area contributed by atoms with Crippen LogP contribution >= 0.6 is 0 Å². The zero-order valence-electron chi connectivity index (χ0n) is 16.4. The molecular formula is C21H20FN5O3. The molecule has 0 aliphatic carbocycles. The van der Waals surface area contributed by atoms with E-state index in [0.717, 1.165) is 10.5 Å². The zero-order chi connectivity index (χ0) is 21.4. The summed E-state index contributed by atoms with van der Waals surface area (Å²) in [5, 5.41) is 11.5.